The molecule has 2 bridgehead atoms. The van der Waals surface area contributed by atoms with E-state index in [-0.39, 0.29) is 17.7 Å². The Morgan fingerprint density at radius 1 is 1.18 bits per heavy atom. The standard InChI is InChI=1S/C24H23F3N6O/c1-11-21(12(2)34-33-11)13-3-5-15-16(9-28-19(15)7-13)22-17(24(25,26)27)10-29-23(32-22)31-20-8-14-4-6-18(20)30-14/h3,5,7,9-10,14,18,20,28,30H,4,6,8H2,1-2H3,(H,29,31,32)/t14-,18+,20+/m1/s1. The predicted octanol–water partition coefficient (Wildman–Crippen LogP) is 5.22. The summed E-state index contributed by atoms with van der Waals surface area (Å²) in [4.78, 5) is 11.5. The number of nitrogens with zero attached hydrogens (tertiary/aromatic N) is 3. The summed E-state index contributed by atoms with van der Waals surface area (Å²) in [5.74, 6) is 0.897. The Morgan fingerprint density at radius 3 is 2.71 bits per heavy atom. The van der Waals surface area contributed by atoms with E-state index in [0.717, 1.165) is 42.3 Å². The van der Waals surface area contributed by atoms with Crippen LogP contribution in [0.2, 0.25) is 0 Å². The molecular formula is C24H23F3N6O. The summed E-state index contributed by atoms with van der Waals surface area (Å²) in [6, 6.07) is 6.43. The minimum atomic E-state index is -4.58. The van der Waals surface area contributed by atoms with Gasteiger partial charge in [-0.15, -0.1) is 0 Å². The van der Waals surface area contributed by atoms with Gasteiger partial charge in [0.2, 0.25) is 5.95 Å². The zero-order valence-electron chi connectivity index (χ0n) is 18.6. The van der Waals surface area contributed by atoms with Gasteiger partial charge in [0.15, 0.2) is 0 Å². The third-order valence-corrected chi connectivity index (χ3v) is 6.97. The molecule has 0 aliphatic carbocycles. The lowest BCUT2D eigenvalue weighted by Gasteiger charge is -2.22. The number of benzene rings is 1. The van der Waals surface area contributed by atoms with E-state index in [2.05, 4.69) is 30.7 Å². The maximum atomic E-state index is 13.9. The molecule has 0 spiro atoms. The Kier molecular flexibility index (Phi) is 4.70. The molecule has 3 atom stereocenters. The smallest absolute Gasteiger partial charge is 0.361 e. The van der Waals surface area contributed by atoms with E-state index < -0.39 is 11.7 Å². The van der Waals surface area contributed by atoms with Gasteiger partial charge >= 0.3 is 6.18 Å². The van der Waals surface area contributed by atoms with E-state index in [0.29, 0.717) is 34.3 Å². The summed E-state index contributed by atoms with van der Waals surface area (Å²) in [7, 11) is 0. The van der Waals surface area contributed by atoms with Gasteiger partial charge in [0.25, 0.3) is 0 Å². The largest absolute Gasteiger partial charge is 0.419 e. The van der Waals surface area contributed by atoms with Crippen LogP contribution in [0.15, 0.2) is 35.1 Å². The fourth-order valence-electron chi connectivity index (χ4n) is 5.39. The molecule has 1 aromatic carbocycles. The molecule has 176 valence electrons. The average Bonchev–Trinajstić information content (AvgIpc) is 3.57. The van der Waals surface area contributed by atoms with Crippen LogP contribution in [0.1, 0.15) is 36.3 Å². The molecule has 6 rings (SSSR count). The molecule has 3 N–H and O–H groups in total. The van der Waals surface area contributed by atoms with Gasteiger partial charge in [0.1, 0.15) is 11.3 Å². The number of H-pyrrole nitrogens is 1. The van der Waals surface area contributed by atoms with Crippen LogP contribution in [0.5, 0.6) is 0 Å². The van der Waals surface area contributed by atoms with Crippen LogP contribution in [0.4, 0.5) is 19.1 Å². The second kappa shape index (κ2) is 7.56. The third-order valence-electron chi connectivity index (χ3n) is 6.97. The van der Waals surface area contributed by atoms with Crippen LogP contribution in [-0.4, -0.2) is 38.2 Å². The Bertz CT molecular complexity index is 1370. The number of fused-ring (bicyclic) bond motifs is 3. The molecule has 2 fully saturated rings. The minimum absolute atomic E-state index is 0.115. The van der Waals surface area contributed by atoms with Gasteiger partial charge in [-0.1, -0.05) is 17.3 Å². The molecule has 5 heterocycles. The Hall–Kier alpha value is -3.40. The van der Waals surface area contributed by atoms with E-state index in [4.69, 9.17) is 4.52 Å². The molecule has 0 radical (unpaired) electrons. The summed E-state index contributed by atoms with van der Waals surface area (Å²) >= 11 is 0. The zero-order valence-corrected chi connectivity index (χ0v) is 18.6. The number of hydrogen-bond donors (Lipinski definition) is 3. The molecule has 0 amide bonds. The second-order valence-electron chi connectivity index (χ2n) is 9.15. The van der Waals surface area contributed by atoms with Crippen LogP contribution in [-0.2, 0) is 6.18 Å². The van der Waals surface area contributed by atoms with Crippen molar-refractivity contribution in [1.29, 1.82) is 0 Å². The van der Waals surface area contributed by atoms with Crippen molar-refractivity contribution in [2.75, 3.05) is 5.32 Å². The number of hydrogen-bond acceptors (Lipinski definition) is 6. The fraction of sp³-hybridized carbons (Fsp3) is 0.375. The van der Waals surface area contributed by atoms with Crippen molar-refractivity contribution in [3.05, 3.63) is 47.6 Å². The lowest BCUT2D eigenvalue weighted by atomic mass is 9.96. The van der Waals surface area contributed by atoms with Gasteiger partial charge in [-0.25, -0.2) is 9.97 Å². The number of anilines is 1. The molecule has 2 saturated heterocycles. The van der Waals surface area contributed by atoms with Crippen LogP contribution in [0.25, 0.3) is 33.3 Å². The number of aromatic amines is 1. The Labute approximate surface area is 193 Å². The first kappa shape index (κ1) is 21.2. The fourth-order valence-corrected chi connectivity index (χ4v) is 5.39. The summed E-state index contributed by atoms with van der Waals surface area (Å²) < 4.78 is 47.0. The van der Waals surface area contributed by atoms with Crippen molar-refractivity contribution in [2.45, 2.75) is 57.4 Å². The van der Waals surface area contributed by atoms with Crippen molar-refractivity contribution < 1.29 is 17.7 Å². The maximum Gasteiger partial charge on any atom is 0.419 e. The third kappa shape index (κ3) is 3.44. The Morgan fingerprint density at radius 2 is 2.03 bits per heavy atom. The van der Waals surface area contributed by atoms with Gasteiger partial charge in [-0.3, -0.25) is 0 Å². The monoisotopic (exact) mass is 468 g/mol. The molecule has 4 aromatic rings. The lowest BCUT2D eigenvalue weighted by molar-refractivity contribution is -0.137. The average molecular weight is 468 g/mol. The number of aromatic nitrogens is 4. The zero-order chi connectivity index (χ0) is 23.6. The van der Waals surface area contributed by atoms with E-state index in [9.17, 15) is 13.2 Å². The van der Waals surface area contributed by atoms with Crippen LogP contribution < -0.4 is 10.6 Å². The van der Waals surface area contributed by atoms with Gasteiger partial charge in [0.05, 0.1) is 11.4 Å². The molecule has 3 aromatic heterocycles. The van der Waals surface area contributed by atoms with E-state index in [1.807, 2.05) is 26.0 Å². The molecule has 34 heavy (non-hydrogen) atoms. The number of halogens is 3. The molecule has 0 saturated carbocycles. The van der Waals surface area contributed by atoms with Crippen molar-refractivity contribution in [1.82, 2.24) is 25.4 Å². The highest BCUT2D eigenvalue weighted by Gasteiger charge is 2.40. The summed E-state index contributed by atoms with van der Waals surface area (Å²) in [6.45, 7) is 3.68. The topological polar surface area (TPSA) is 91.7 Å². The van der Waals surface area contributed by atoms with Crippen LogP contribution in [0.3, 0.4) is 0 Å². The van der Waals surface area contributed by atoms with Gasteiger partial charge < -0.3 is 20.1 Å². The van der Waals surface area contributed by atoms with E-state index >= 15 is 0 Å². The SMILES string of the molecule is Cc1noc(C)c1-c1ccc2c(-c3nc(N[C@H]4C[C@H]5CC[C@@H]4N5)ncc3C(F)(F)F)c[nH]c2c1. The Balaban J connectivity index is 1.41. The lowest BCUT2D eigenvalue weighted by Crippen LogP contribution is -2.34. The highest BCUT2D eigenvalue weighted by atomic mass is 19.4. The van der Waals surface area contributed by atoms with Crippen molar-refractivity contribution in [2.24, 2.45) is 0 Å². The normalized spacial score (nSPS) is 22.1. The molecule has 10 heteroatoms. The second-order valence-corrected chi connectivity index (χ2v) is 9.15. The van der Waals surface area contributed by atoms with E-state index in [1.54, 1.807) is 12.3 Å². The molecule has 2 aliphatic heterocycles. The first-order chi connectivity index (χ1) is 16.3. The van der Waals surface area contributed by atoms with Crippen LogP contribution >= 0.6 is 0 Å². The number of nitrogens with one attached hydrogen (secondary N) is 3. The first-order valence-electron chi connectivity index (χ1n) is 11.3. The highest BCUT2D eigenvalue weighted by molar-refractivity contribution is 5.97. The first-order valence-corrected chi connectivity index (χ1v) is 11.3. The van der Waals surface area contributed by atoms with Crippen molar-refractivity contribution in [3.63, 3.8) is 0 Å². The predicted molar refractivity (Wildman–Crippen MR) is 121 cm³/mol. The van der Waals surface area contributed by atoms with Gasteiger partial charge in [0, 0.05) is 52.5 Å². The summed E-state index contributed by atoms with van der Waals surface area (Å²) in [6.07, 6.45) is 0.966. The quantitative estimate of drug-likeness (QED) is 0.380. The van der Waals surface area contributed by atoms with Gasteiger partial charge in [-0.2, -0.15) is 13.2 Å². The van der Waals surface area contributed by atoms with Crippen LogP contribution in [0, 0.1) is 13.8 Å². The molecule has 0 unspecified atom stereocenters. The number of aryl methyl sites for hydroxylation is 2. The van der Waals surface area contributed by atoms with Gasteiger partial charge in [-0.05, 0) is 44.7 Å². The van der Waals surface area contributed by atoms with Crippen molar-refractivity contribution >= 4 is 16.9 Å². The van der Waals surface area contributed by atoms with E-state index in [1.165, 1.54) is 0 Å². The summed E-state index contributed by atoms with van der Waals surface area (Å²) in [5.41, 5.74) is 2.58. The maximum absolute atomic E-state index is 13.9. The highest BCUT2D eigenvalue weighted by Crippen LogP contribution is 2.40. The minimum Gasteiger partial charge on any atom is -0.361 e. The summed E-state index contributed by atoms with van der Waals surface area (Å²) in [5, 5.41) is 11.4. The number of rotatable bonds is 4. The molecular weight excluding hydrogens is 445 g/mol. The molecule has 2 aliphatic rings. The van der Waals surface area contributed by atoms with Crippen molar-refractivity contribution in [3.8, 4) is 22.4 Å². The molecule has 7 nitrogen and oxygen atoms in total. The number of alkyl halides is 3.